The van der Waals surface area contributed by atoms with E-state index in [-0.39, 0.29) is 12.8 Å². The third-order valence-electron chi connectivity index (χ3n) is 3.58. The average molecular weight is 294 g/mol. The predicted octanol–water partition coefficient (Wildman–Crippen LogP) is 2.36. The summed E-state index contributed by atoms with van der Waals surface area (Å²) in [6, 6.07) is 10.0. The second-order valence-corrected chi connectivity index (χ2v) is 5.71. The first kappa shape index (κ1) is 17.2. The van der Waals surface area contributed by atoms with Gasteiger partial charge in [0, 0.05) is 18.4 Å². The zero-order chi connectivity index (χ0) is 15.7. The summed E-state index contributed by atoms with van der Waals surface area (Å²) in [7, 11) is 2.07. The Hall–Kier alpha value is -1.88. The SMILES string of the molecule is C[N+](CCCC(=O)O)(CCCC(=O)O)Cc1ccccc1. The molecule has 0 aromatic heterocycles. The van der Waals surface area contributed by atoms with Gasteiger partial charge in [0.1, 0.15) is 6.54 Å². The summed E-state index contributed by atoms with van der Waals surface area (Å²) in [5.74, 6) is -1.57. The zero-order valence-corrected chi connectivity index (χ0v) is 12.5. The molecule has 0 saturated carbocycles. The normalized spacial score (nSPS) is 11.3. The van der Waals surface area contributed by atoms with Crippen molar-refractivity contribution in [2.75, 3.05) is 20.1 Å². The molecular formula is C16H24NO4+. The van der Waals surface area contributed by atoms with Gasteiger partial charge in [0.15, 0.2) is 0 Å². The summed E-state index contributed by atoms with van der Waals surface area (Å²) in [4.78, 5) is 21.3. The van der Waals surface area contributed by atoms with Crippen LogP contribution in [0.4, 0.5) is 0 Å². The molecule has 0 amide bonds. The number of rotatable bonds is 10. The third kappa shape index (κ3) is 7.46. The van der Waals surface area contributed by atoms with Crippen LogP contribution in [0, 0.1) is 0 Å². The maximum atomic E-state index is 10.7. The number of carboxylic acids is 2. The fourth-order valence-electron chi connectivity index (χ4n) is 2.52. The Kier molecular flexibility index (Phi) is 6.88. The number of carboxylic acid groups (broad SMARTS) is 2. The van der Waals surface area contributed by atoms with E-state index in [2.05, 4.69) is 7.05 Å². The molecule has 0 heterocycles. The molecule has 0 aliphatic heterocycles. The molecular weight excluding hydrogens is 270 g/mol. The maximum Gasteiger partial charge on any atom is 0.303 e. The van der Waals surface area contributed by atoms with Gasteiger partial charge in [-0.05, 0) is 0 Å². The van der Waals surface area contributed by atoms with Crippen molar-refractivity contribution < 1.29 is 24.3 Å². The van der Waals surface area contributed by atoms with Gasteiger partial charge in [-0.3, -0.25) is 9.59 Å². The highest BCUT2D eigenvalue weighted by Gasteiger charge is 2.22. The lowest BCUT2D eigenvalue weighted by Crippen LogP contribution is -2.45. The Morgan fingerprint density at radius 3 is 1.86 bits per heavy atom. The standard InChI is InChI=1S/C16H23NO4/c1-17(11-5-9-15(18)19,12-6-10-16(20)21)13-14-7-3-2-4-8-14/h2-4,7-8H,5-6,9-13H2,1H3,(H-,18,19,20,21)/p+1. The van der Waals surface area contributed by atoms with Crippen LogP contribution in [0.3, 0.4) is 0 Å². The molecule has 0 fully saturated rings. The van der Waals surface area contributed by atoms with Gasteiger partial charge in [0.05, 0.1) is 33.0 Å². The van der Waals surface area contributed by atoms with E-state index < -0.39 is 11.9 Å². The predicted molar refractivity (Wildman–Crippen MR) is 79.8 cm³/mol. The smallest absolute Gasteiger partial charge is 0.303 e. The second kappa shape index (κ2) is 8.42. The van der Waals surface area contributed by atoms with E-state index in [1.807, 2.05) is 30.3 Å². The van der Waals surface area contributed by atoms with Crippen molar-refractivity contribution in [3.05, 3.63) is 35.9 Å². The van der Waals surface area contributed by atoms with Crippen molar-refractivity contribution in [3.8, 4) is 0 Å². The van der Waals surface area contributed by atoms with E-state index in [4.69, 9.17) is 10.2 Å². The Bertz CT molecular complexity index is 439. The first-order valence-electron chi connectivity index (χ1n) is 7.22. The van der Waals surface area contributed by atoms with Crippen LogP contribution >= 0.6 is 0 Å². The number of nitrogens with zero attached hydrogens (tertiary/aromatic N) is 1. The van der Waals surface area contributed by atoms with Gasteiger partial charge in [-0.15, -0.1) is 0 Å². The summed E-state index contributed by atoms with van der Waals surface area (Å²) in [6.45, 7) is 2.27. The fraction of sp³-hybridized carbons (Fsp3) is 0.500. The molecule has 5 heteroatoms. The van der Waals surface area contributed by atoms with Gasteiger partial charge < -0.3 is 14.7 Å². The molecule has 0 aliphatic rings. The molecule has 0 atom stereocenters. The Balaban J connectivity index is 2.62. The third-order valence-corrected chi connectivity index (χ3v) is 3.58. The van der Waals surface area contributed by atoms with E-state index in [9.17, 15) is 9.59 Å². The van der Waals surface area contributed by atoms with Crippen molar-refractivity contribution in [2.24, 2.45) is 0 Å². The number of benzene rings is 1. The molecule has 0 saturated heterocycles. The molecule has 0 aliphatic carbocycles. The van der Waals surface area contributed by atoms with Crippen LogP contribution in [0.2, 0.25) is 0 Å². The zero-order valence-electron chi connectivity index (χ0n) is 12.5. The van der Waals surface area contributed by atoms with Crippen molar-refractivity contribution in [1.29, 1.82) is 0 Å². The van der Waals surface area contributed by atoms with Crippen LogP contribution in [-0.4, -0.2) is 46.8 Å². The van der Waals surface area contributed by atoms with Gasteiger partial charge in [-0.2, -0.15) is 0 Å². The van der Waals surface area contributed by atoms with E-state index in [1.54, 1.807) is 0 Å². The summed E-state index contributed by atoms with van der Waals surface area (Å²) in [5, 5.41) is 17.5. The van der Waals surface area contributed by atoms with Crippen LogP contribution in [0.25, 0.3) is 0 Å². The molecule has 1 aromatic carbocycles. The minimum absolute atomic E-state index is 0.154. The summed E-state index contributed by atoms with van der Waals surface area (Å²) in [5.41, 5.74) is 1.19. The number of quaternary nitrogens is 1. The molecule has 21 heavy (non-hydrogen) atoms. The van der Waals surface area contributed by atoms with E-state index >= 15 is 0 Å². The van der Waals surface area contributed by atoms with Gasteiger partial charge in [0.25, 0.3) is 0 Å². The van der Waals surface area contributed by atoms with Crippen LogP contribution in [0.1, 0.15) is 31.2 Å². The molecule has 2 N–H and O–H groups in total. The second-order valence-electron chi connectivity index (χ2n) is 5.71. The van der Waals surface area contributed by atoms with Gasteiger partial charge in [-0.1, -0.05) is 30.3 Å². The van der Waals surface area contributed by atoms with E-state index in [0.717, 1.165) is 19.6 Å². The van der Waals surface area contributed by atoms with Crippen LogP contribution in [0.15, 0.2) is 30.3 Å². The molecule has 0 unspecified atom stereocenters. The number of aliphatic carboxylic acids is 2. The first-order chi connectivity index (χ1) is 9.91. The van der Waals surface area contributed by atoms with E-state index in [0.29, 0.717) is 17.3 Å². The lowest BCUT2D eigenvalue weighted by Gasteiger charge is -2.34. The highest BCUT2D eigenvalue weighted by atomic mass is 16.4. The topological polar surface area (TPSA) is 74.6 Å². The van der Waals surface area contributed by atoms with Crippen molar-refractivity contribution in [2.45, 2.75) is 32.2 Å². The Morgan fingerprint density at radius 1 is 0.952 bits per heavy atom. The monoisotopic (exact) mass is 294 g/mol. The van der Waals surface area contributed by atoms with Crippen LogP contribution < -0.4 is 0 Å². The van der Waals surface area contributed by atoms with Crippen LogP contribution in [0.5, 0.6) is 0 Å². The average Bonchev–Trinajstić information content (AvgIpc) is 2.38. The number of hydrogen-bond donors (Lipinski definition) is 2. The van der Waals surface area contributed by atoms with Crippen molar-refractivity contribution >= 4 is 11.9 Å². The quantitative estimate of drug-likeness (QED) is 0.650. The summed E-state index contributed by atoms with van der Waals surface area (Å²) < 4.78 is 0.671. The van der Waals surface area contributed by atoms with Crippen molar-refractivity contribution in [1.82, 2.24) is 0 Å². The fourth-order valence-corrected chi connectivity index (χ4v) is 2.52. The highest BCUT2D eigenvalue weighted by molar-refractivity contribution is 5.66. The highest BCUT2D eigenvalue weighted by Crippen LogP contribution is 2.15. The molecule has 5 nitrogen and oxygen atoms in total. The van der Waals surface area contributed by atoms with Crippen molar-refractivity contribution in [3.63, 3.8) is 0 Å². The minimum Gasteiger partial charge on any atom is -0.481 e. The number of carbonyl (C=O) groups is 2. The number of hydrogen-bond acceptors (Lipinski definition) is 2. The van der Waals surface area contributed by atoms with Gasteiger partial charge in [-0.25, -0.2) is 0 Å². The lowest BCUT2D eigenvalue weighted by molar-refractivity contribution is -0.922. The minimum atomic E-state index is -0.785. The largest absolute Gasteiger partial charge is 0.481 e. The maximum absolute atomic E-state index is 10.7. The Morgan fingerprint density at radius 2 is 1.43 bits per heavy atom. The van der Waals surface area contributed by atoms with Crippen LogP contribution in [-0.2, 0) is 16.1 Å². The molecule has 116 valence electrons. The van der Waals surface area contributed by atoms with Gasteiger partial charge in [0.2, 0.25) is 0 Å². The molecule has 0 spiro atoms. The van der Waals surface area contributed by atoms with E-state index in [1.165, 1.54) is 5.56 Å². The molecule has 0 bridgehead atoms. The molecule has 0 radical (unpaired) electrons. The summed E-state index contributed by atoms with van der Waals surface area (Å²) in [6.07, 6.45) is 1.51. The summed E-state index contributed by atoms with van der Waals surface area (Å²) >= 11 is 0. The lowest BCUT2D eigenvalue weighted by atomic mass is 10.1. The molecule has 1 rings (SSSR count). The molecule has 1 aromatic rings. The first-order valence-corrected chi connectivity index (χ1v) is 7.22. The Labute approximate surface area is 125 Å². The van der Waals surface area contributed by atoms with Gasteiger partial charge >= 0.3 is 11.9 Å².